The molecule has 0 saturated heterocycles. The second kappa shape index (κ2) is 10.8. The third kappa shape index (κ3) is 4.25. The third-order valence-corrected chi connectivity index (χ3v) is 10.5. The van der Waals surface area contributed by atoms with Crippen LogP contribution < -0.4 is 0 Å². The summed E-state index contributed by atoms with van der Waals surface area (Å²) in [5.74, 6) is 0. The Bertz CT molecular complexity index is 3090. The van der Waals surface area contributed by atoms with E-state index >= 15 is 0 Å². The largest absolute Gasteiger partial charge is 0.456 e. The minimum absolute atomic E-state index is 0.892. The van der Waals surface area contributed by atoms with Crippen molar-refractivity contribution in [3.63, 3.8) is 0 Å². The van der Waals surface area contributed by atoms with Crippen LogP contribution in [0.3, 0.4) is 0 Å². The first-order valence-corrected chi connectivity index (χ1v) is 17.4. The lowest BCUT2D eigenvalue weighted by Crippen LogP contribution is -1.94. The van der Waals surface area contributed by atoms with Crippen molar-refractivity contribution in [2.45, 2.75) is 0 Å². The van der Waals surface area contributed by atoms with Gasteiger partial charge >= 0.3 is 0 Å². The molecule has 0 atom stereocenters. The molecular formula is C48H30N2O. The highest BCUT2D eigenvalue weighted by Gasteiger charge is 2.17. The average molecular weight is 651 g/mol. The zero-order chi connectivity index (χ0) is 33.5. The van der Waals surface area contributed by atoms with Gasteiger partial charge in [0.25, 0.3) is 0 Å². The van der Waals surface area contributed by atoms with Gasteiger partial charge in [-0.05, 0) is 95.1 Å². The van der Waals surface area contributed by atoms with Gasteiger partial charge in [0.05, 0.1) is 22.1 Å². The van der Waals surface area contributed by atoms with E-state index in [0.29, 0.717) is 0 Å². The van der Waals surface area contributed by atoms with Crippen LogP contribution in [0.1, 0.15) is 0 Å². The number of rotatable bonds is 4. The quantitative estimate of drug-likeness (QED) is 0.186. The molecule has 0 N–H and O–H groups in total. The summed E-state index contributed by atoms with van der Waals surface area (Å²) < 4.78 is 11.2. The second-order valence-corrected chi connectivity index (χ2v) is 13.4. The van der Waals surface area contributed by atoms with E-state index in [1.165, 1.54) is 60.3 Å². The van der Waals surface area contributed by atoms with Crippen molar-refractivity contribution in [2.24, 2.45) is 0 Å². The molecule has 3 nitrogen and oxygen atoms in total. The summed E-state index contributed by atoms with van der Waals surface area (Å²) in [5.41, 5.74) is 13.6. The van der Waals surface area contributed by atoms with Crippen LogP contribution in [-0.2, 0) is 0 Å². The van der Waals surface area contributed by atoms with E-state index < -0.39 is 0 Å². The summed E-state index contributed by atoms with van der Waals surface area (Å²) in [4.78, 5) is 0. The molecule has 0 aliphatic carbocycles. The minimum Gasteiger partial charge on any atom is -0.456 e. The van der Waals surface area contributed by atoms with E-state index in [-0.39, 0.29) is 0 Å². The molecule has 51 heavy (non-hydrogen) atoms. The topological polar surface area (TPSA) is 23.0 Å². The van der Waals surface area contributed by atoms with Crippen LogP contribution in [-0.4, -0.2) is 9.13 Å². The van der Waals surface area contributed by atoms with Crippen molar-refractivity contribution in [3.8, 4) is 33.6 Å². The summed E-state index contributed by atoms with van der Waals surface area (Å²) in [6.07, 6.45) is 0. The molecule has 3 heteroatoms. The van der Waals surface area contributed by atoms with Gasteiger partial charge in [0.2, 0.25) is 0 Å². The van der Waals surface area contributed by atoms with Crippen molar-refractivity contribution in [1.29, 1.82) is 0 Å². The van der Waals surface area contributed by atoms with Crippen molar-refractivity contribution >= 4 is 65.6 Å². The second-order valence-electron chi connectivity index (χ2n) is 13.4. The summed E-state index contributed by atoms with van der Waals surface area (Å²) >= 11 is 0. The monoisotopic (exact) mass is 650 g/mol. The Kier molecular flexibility index (Phi) is 5.96. The molecule has 0 aliphatic rings. The predicted octanol–water partition coefficient (Wildman–Crippen LogP) is 13.1. The number of benzene rings is 8. The van der Waals surface area contributed by atoms with E-state index in [1.807, 2.05) is 0 Å². The van der Waals surface area contributed by atoms with Gasteiger partial charge in [0.1, 0.15) is 11.2 Å². The van der Waals surface area contributed by atoms with Crippen LogP contribution in [0.2, 0.25) is 0 Å². The molecule has 0 spiro atoms. The summed E-state index contributed by atoms with van der Waals surface area (Å²) in [6.45, 7) is 0. The molecule has 11 aromatic rings. The Morgan fingerprint density at radius 1 is 0.275 bits per heavy atom. The molecule has 3 aromatic heterocycles. The predicted molar refractivity (Wildman–Crippen MR) is 213 cm³/mol. The fourth-order valence-corrected chi connectivity index (χ4v) is 8.17. The number of para-hydroxylation sites is 3. The first-order valence-electron chi connectivity index (χ1n) is 17.4. The molecule has 0 unspecified atom stereocenters. The summed E-state index contributed by atoms with van der Waals surface area (Å²) in [7, 11) is 0. The van der Waals surface area contributed by atoms with Gasteiger partial charge < -0.3 is 13.6 Å². The summed E-state index contributed by atoms with van der Waals surface area (Å²) in [6, 6.07) is 65.5. The smallest absolute Gasteiger partial charge is 0.135 e. The zero-order valence-electron chi connectivity index (χ0n) is 27.6. The average Bonchev–Trinajstić information content (AvgIpc) is 3.85. The zero-order valence-corrected chi connectivity index (χ0v) is 27.6. The molecular weight excluding hydrogens is 621 g/mol. The van der Waals surface area contributed by atoms with E-state index in [1.54, 1.807) is 0 Å². The van der Waals surface area contributed by atoms with E-state index in [2.05, 4.69) is 191 Å². The SMILES string of the molecule is c1ccc(-c2cccc(-n3c4ccccc4c4cc(-c5ccc6oc7ccc(-n8c9ccccc9c9ccccc98)cc7c6c5)ccc43)c2)cc1. The number of hydrogen-bond donors (Lipinski definition) is 0. The highest BCUT2D eigenvalue weighted by molar-refractivity contribution is 6.12. The fraction of sp³-hybridized carbons (Fsp3) is 0. The van der Waals surface area contributed by atoms with Gasteiger partial charge in [-0.2, -0.15) is 0 Å². The molecule has 0 amide bonds. The maximum absolute atomic E-state index is 6.40. The molecule has 0 saturated carbocycles. The highest BCUT2D eigenvalue weighted by atomic mass is 16.3. The number of furan rings is 1. The first-order chi connectivity index (χ1) is 25.3. The number of hydrogen-bond acceptors (Lipinski definition) is 1. The normalized spacial score (nSPS) is 11.9. The molecule has 0 radical (unpaired) electrons. The fourth-order valence-electron chi connectivity index (χ4n) is 8.17. The molecule has 3 heterocycles. The van der Waals surface area contributed by atoms with E-state index in [0.717, 1.165) is 38.9 Å². The number of nitrogens with zero attached hydrogens (tertiary/aromatic N) is 2. The maximum atomic E-state index is 6.40. The van der Waals surface area contributed by atoms with Crippen LogP contribution in [0.25, 0.3) is 99.2 Å². The van der Waals surface area contributed by atoms with Crippen molar-refractivity contribution < 1.29 is 4.42 Å². The van der Waals surface area contributed by atoms with Gasteiger partial charge in [-0.3, -0.25) is 0 Å². The van der Waals surface area contributed by atoms with Gasteiger partial charge in [0, 0.05) is 43.7 Å². The maximum Gasteiger partial charge on any atom is 0.135 e. The highest BCUT2D eigenvalue weighted by Crippen LogP contribution is 2.39. The lowest BCUT2D eigenvalue weighted by Gasteiger charge is -2.11. The standard InChI is InChI=1S/C48H30N2O/c1-2-11-31(12-3-1)32-13-10-14-35(27-32)49-45-20-9-6-17-39(45)40-28-33(21-24-46(40)49)34-22-25-47-41(29-34)42-30-36(23-26-48(42)51-47)50-43-18-7-4-15-37(43)38-16-5-8-19-44(38)50/h1-30H. The molecule has 238 valence electrons. The van der Waals surface area contributed by atoms with Crippen LogP contribution in [0, 0.1) is 0 Å². The van der Waals surface area contributed by atoms with Crippen LogP contribution in [0.15, 0.2) is 186 Å². The van der Waals surface area contributed by atoms with E-state index in [9.17, 15) is 0 Å². The van der Waals surface area contributed by atoms with Crippen LogP contribution in [0.4, 0.5) is 0 Å². The Morgan fingerprint density at radius 3 is 1.43 bits per heavy atom. The Labute approximate surface area is 293 Å². The van der Waals surface area contributed by atoms with E-state index in [4.69, 9.17) is 4.42 Å². The van der Waals surface area contributed by atoms with Crippen LogP contribution in [0.5, 0.6) is 0 Å². The van der Waals surface area contributed by atoms with Gasteiger partial charge in [-0.1, -0.05) is 109 Å². The third-order valence-electron chi connectivity index (χ3n) is 10.5. The molecule has 11 rings (SSSR count). The van der Waals surface area contributed by atoms with Crippen molar-refractivity contribution in [3.05, 3.63) is 182 Å². The molecule has 0 bridgehead atoms. The first kappa shape index (κ1) is 28.0. The molecule has 0 aliphatic heterocycles. The minimum atomic E-state index is 0.892. The lowest BCUT2D eigenvalue weighted by molar-refractivity contribution is 0.669. The Morgan fingerprint density at radius 2 is 0.745 bits per heavy atom. The lowest BCUT2D eigenvalue weighted by atomic mass is 10.0. The Hall–Kier alpha value is -6.84. The molecule has 0 fully saturated rings. The summed E-state index contributed by atoms with van der Waals surface area (Å²) in [5, 5.41) is 7.22. The van der Waals surface area contributed by atoms with Crippen molar-refractivity contribution in [1.82, 2.24) is 9.13 Å². The number of aromatic nitrogens is 2. The van der Waals surface area contributed by atoms with Gasteiger partial charge in [-0.25, -0.2) is 0 Å². The van der Waals surface area contributed by atoms with Gasteiger partial charge in [-0.15, -0.1) is 0 Å². The van der Waals surface area contributed by atoms with Gasteiger partial charge in [0.15, 0.2) is 0 Å². The molecule has 8 aromatic carbocycles. The van der Waals surface area contributed by atoms with Crippen molar-refractivity contribution in [2.75, 3.05) is 0 Å². The Balaban J connectivity index is 1.06. The number of fused-ring (bicyclic) bond motifs is 9. The van der Waals surface area contributed by atoms with Crippen LogP contribution >= 0.6 is 0 Å².